The zero-order valence-electron chi connectivity index (χ0n) is 9.32. The second kappa shape index (κ2) is 3.59. The number of nitrogens with one attached hydrogen (secondary N) is 2. The quantitative estimate of drug-likeness (QED) is 0.667. The topological polar surface area (TPSA) is 61.5 Å². The van der Waals surface area contributed by atoms with Gasteiger partial charge in [0, 0.05) is 28.9 Å². The highest BCUT2D eigenvalue weighted by atomic mass is 16.1. The number of rotatable bonds is 1. The van der Waals surface area contributed by atoms with Crippen molar-refractivity contribution in [2.75, 3.05) is 0 Å². The Morgan fingerprint density at radius 2 is 2.12 bits per heavy atom. The Hall–Kier alpha value is -2.36. The number of aromatic nitrogens is 3. The smallest absolute Gasteiger partial charge is 0.189 e. The van der Waals surface area contributed by atoms with Crippen molar-refractivity contribution in [2.24, 2.45) is 0 Å². The largest absolute Gasteiger partial charge is 0.358 e. The Morgan fingerprint density at radius 3 is 2.88 bits per heavy atom. The van der Waals surface area contributed by atoms with Gasteiger partial charge in [0.1, 0.15) is 0 Å². The summed E-state index contributed by atoms with van der Waals surface area (Å²) in [7, 11) is 0. The maximum atomic E-state index is 11.9. The van der Waals surface area contributed by atoms with Crippen LogP contribution >= 0.6 is 0 Å². The summed E-state index contributed by atoms with van der Waals surface area (Å²) in [5.41, 5.74) is 3.60. The number of para-hydroxylation sites is 1. The lowest BCUT2D eigenvalue weighted by atomic mass is 10.1. The molecule has 2 aromatic heterocycles. The molecule has 0 saturated heterocycles. The van der Waals surface area contributed by atoms with Crippen molar-refractivity contribution in [3.8, 4) is 11.3 Å². The second-order valence-electron chi connectivity index (χ2n) is 4.02. The third-order valence-corrected chi connectivity index (χ3v) is 2.79. The van der Waals surface area contributed by atoms with Crippen LogP contribution in [0.1, 0.15) is 5.69 Å². The van der Waals surface area contributed by atoms with Gasteiger partial charge in [0.25, 0.3) is 0 Å². The molecule has 0 aliphatic carbocycles. The van der Waals surface area contributed by atoms with E-state index in [9.17, 15) is 4.79 Å². The van der Waals surface area contributed by atoms with Gasteiger partial charge in [-0.15, -0.1) is 0 Å². The fraction of sp³-hybridized carbons (Fsp3) is 0.0769. The molecule has 0 spiro atoms. The first-order valence-electron chi connectivity index (χ1n) is 5.38. The summed E-state index contributed by atoms with van der Waals surface area (Å²) in [6.45, 7) is 1.88. The molecule has 4 heteroatoms. The summed E-state index contributed by atoms with van der Waals surface area (Å²) in [4.78, 5) is 15.1. The molecule has 84 valence electrons. The van der Waals surface area contributed by atoms with Gasteiger partial charge in [-0.1, -0.05) is 12.1 Å². The molecule has 0 aliphatic rings. The van der Waals surface area contributed by atoms with Gasteiger partial charge in [-0.25, -0.2) is 0 Å². The molecule has 2 N–H and O–H groups in total. The van der Waals surface area contributed by atoms with Crippen molar-refractivity contribution >= 4 is 10.9 Å². The van der Waals surface area contributed by atoms with Crippen LogP contribution in [0.2, 0.25) is 0 Å². The van der Waals surface area contributed by atoms with Crippen molar-refractivity contribution in [1.29, 1.82) is 0 Å². The summed E-state index contributed by atoms with van der Waals surface area (Å²) < 4.78 is 0. The van der Waals surface area contributed by atoms with Crippen LogP contribution in [0.25, 0.3) is 22.2 Å². The van der Waals surface area contributed by atoms with Crippen LogP contribution in [-0.2, 0) is 0 Å². The summed E-state index contributed by atoms with van der Waals surface area (Å²) in [5.74, 6) is 0. The van der Waals surface area contributed by atoms with Gasteiger partial charge in [0.2, 0.25) is 0 Å². The molecule has 0 unspecified atom stereocenters. The second-order valence-corrected chi connectivity index (χ2v) is 4.02. The summed E-state index contributed by atoms with van der Waals surface area (Å²) >= 11 is 0. The highest BCUT2D eigenvalue weighted by Gasteiger charge is 2.07. The maximum Gasteiger partial charge on any atom is 0.189 e. The fourth-order valence-electron chi connectivity index (χ4n) is 2.03. The van der Waals surface area contributed by atoms with Gasteiger partial charge in [-0.3, -0.25) is 9.89 Å². The predicted octanol–water partition coefficient (Wildman–Crippen LogP) is 2.23. The normalized spacial score (nSPS) is 10.9. The molecule has 0 atom stereocenters. The Bertz CT molecular complexity index is 726. The first-order valence-corrected chi connectivity index (χ1v) is 5.38. The van der Waals surface area contributed by atoms with E-state index in [2.05, 4.69) is 15.2 Å². The van der Waals surface area contributed by atoms with Gasteiger partial charge in [-0.2, -0.15) is 5.10 Å². The van der Waals surface area contributed by atoms with E-state index >= 15 is 0 Å². The minimum Gasteiger partial charge on any atom is -0.358 e. The van der Waals surface area contributed by atoms with Crippen LogP contribution in [0.4, 0.5) is 0 Å². The molecule has 2 heterocycles. The highest BCUT2D eigenvalue weighted by molar-refractivity contribution is 5.92. The summed E-state index contributed by atoms with van der Waals surface area (Å²) in [5, 5.41) is 7.54. The van der Waals surface area contributed by atoms with E-state index < -0.39 is 0 Å². The number of benzene rings is 1. The molecular formula is C13H11N3O. The highest BCUT2D eigenvalue weighted by Crippen LogP contribution is 2.23. The molecule has 4 nitrogen and oxygen atoms in total. The lowest BCUT2D eigenvalue weighted by Crippen LogP contribution is -2.03. The molecule has 0 bridgehead atoms. The molecular weight excluding hydrogens is 214 g/mol. The number of aryl methyl sites for hydroxylation is 1. The number of aromatic amines is 2. The van der Waals surface area contributed by atoms with Gasteiger partial charge >= 0.3 is 0 Å². The van der Waals surface area contributed by atoms with Crippen LogP contribution < -0.4 is 5.43 Å². The van der Waals surface area contributed by atoms with Crippen molar-refractivity contribution in [2.45, 2.75) is 6.92 Å². The number of H-pyrrole nitrogens is 2. The van der Waals surface area contributed by atoms with Crippen LogP contribution in [0, 0.1) is 6.92 Å². The van der Waals surface area contributed by atoms with Crippen LogP contribution in [0.5, 0.6) is 0 Å². The lowest BCUT2D eigenvalue weighted by Gasteiger charge is -2.05. The van der Waals surface area contributed by atoms with Gasteiger partial charge < -0.3 is 4.98 Å². The van der Waals surface area contributed by atoms with E-state index in [1.54, 1.807) is 12.3 Å². The van der Waals surface area contributed by atoms with E-state index in [1.807, 2.05) is 31.2 Å². The van der Waals surface area contributed by atoms with E-state index in [0.29, 0.717) is 5.39 Å². The van der Waals surface area contributed by atoms with Gasteiger partial charge in [-0.05, 0) is 19.1 Å². The number of hydrogen-bond acceptors (Lipinski definition) is 2. The van der Waals surface area contributed by atoms with Crippen molar-refractivity contribution in [1.82, 2.24) is 15.2 Å². The Kier molecular flexibility index (Phi) is 2.08. The average molecular weight is 225 g/mol. The van der Waals surface area contributed by atoms with E-state index in [1.165, 1.54) is 0 Å². The monoisotopic (exact) mass is 225 g/mol. The van der Waals surface area contributed by atoms with Crippen molar-refractivity contribution in [3.05, 3.63) is 52.4 Å². The molecule has 0 aliphatic heterocycles. The minimum atomic E-state index is 0.0395. The number of fused-ring (bicyclic) bond motifs is 1. The fourth-order valence-corrected chi connectivity index (χ4v) is 2.03. The molecule has 3 aromatic rings. The molecule has 0 fully saturated rings. The summed E-state index contributed by atoms with van der Waals surface area (Å²) in [6, 6.07) is 9.16. The standard InChI is InChI=1S/C13H11N3O/c1-8-7-12(17)10-4-2-3-9(13(10)15-8)11-5-6-14-16-11/h2-7H,1H3,(H,14,16)(H,15,17). The Labute approximate surface area is 97.3 Å². The molecule has 1 aromatic carbocycles. The average Bonchev–Trinajstić information content (AvgIpc) is 2.81. The van der Waals surface area contributed by atoms with E-state index in [0.717, 1.165) is 22.5 Å². The maximum absolute atomic E-state index is 11.9. The SMILES string of the molecule is Cc1cc(=O)c2cccc(-c3ccn[nH]3)c2[nH]1. The number of hydrogen-bond donors (Lipinski definition) is 2. The zero-order chi connectivity index (χ0) is 11.8. The van der Waals surface area contributed by atoms with Crippen molar-refractivity contribution < 1.29 is 0 Å². The number of nitrogens with zero attached hydrogens (tertiary/aromatic N) is 1. The first kappa shape index (κ1) is 9.84. The lowest BCUT2D eigenvalue weighted by molar-refractivity contribution is 1.09. The van der Waals surface area contributed by atoms with E-state index in [4.69, 9.17) is 0 Å². The third-order valence-electron chi connectivity index (χ3n) is 2.79. The van der Waals surface area contributed by atoms with Crippen LogP contribution in [0.15, 0.2) is 41.3 Å². The Morgan fingerprint density at radius 1 is 1.24 bits per heavy atom. The molecule has 3 rings (SSSR count). The number of pyridine rings is 1. The molecule has 0 radical (unpaired) electrons. The Balaban J connectivity index is 2.44. The zero-order valence-corrected chi connectivity index (χ0v) is 9.32. The van der Waals surface area contributed by atoms with E-state index in [-0.39, 0.29) is 5.43 Å². The molecule has 17 heavy (non-hydrogen) atoms. The predicted molar refractivity (Wildman–Crippen MR) is 66.9 cm³/mol. The third kappa shape index (κ3) is 1.54. The van der Waals surface area contributed by atoms with Crippen LogP contribution in [-0.4, -0.2) is 15.2 Å². The molecule has 0 amide bonds. The van der Waals surface area contributed by atoms with Crippen LogP contribution in [0.3, 0.4) is 0 Å². The van der Waals surface area contributed by atoms with Gasteiger partial charge in [0.15, 0.2) is 5.43 Å². The minimum absolute atomic E-state index is 0.0395. The van der Waals surface area contributed by atoms with Gasteiger partial charge in [0.05, 0.1) is 11.2 Å². The van der Waals surface area contributed by atoms with Crippen molar-refractivity contribution in [3.63, 3.8) is 0 Å². The summed E-state index contributed by atoms with van der Waals surface area (Å²) in [6.07, 6.45) is 1.70. The molecule has 0 saturated carbocycles. The first-order chi connectivity index (χ1) is 8.25.